The van der Waals surface area contributed by atoms with E-state index in [2.05, 4.69) is 0 Å². The standard InChI is InChI=1S/C37H70N2O12/c1-19-16-35(8,44)32(51-34-28(40)26(38(11)12)15-20(2)47-34)21(3)29(50-27-17-36(9,46-14)31(42)24(6)48-27)22(4)33(43)49-25(7)37(10,45)30(41)23(5)39(13)18-19/h19-32,34,40-42,44-45H,15-18H2,1-14H3/t19-,20?,21+,22-,23-,24?,25-,26?,27?,28?,29+,30-,31?,32-,34?,35+,36?,37-/m1/s1. The van der Waals surface area contributed by atoms with Gasteiger partial charge in [-0.15, -0.1) is 0 Å². The van der Waals surface area contributed by atoms with E-state index < -0.39 is 96.0 Å². The number of cyclic esters (lactones) is 1. The van der Waals surface area contributed by atoms with E-state index in [-0.39, 0.29) is 30.9 Å². The molecule has 8 unspecified atom stereocenters. The van der Waals surface area contributed by atoms with Gasteiger partial charge in [0, 0.05) is 38.1 Å². The molecule has 0 amide bonds. The average Bonchev–Trinajstić information content (AvgIpc) is 3.03. The van der Waals surface area contributed by atoms with Gasteiger partial charge < -0.3 is 63.8 Å². The summed E-state index contributed by atoms with van der Waals surface area (Å²) in [6, 6.07) is -0.809. The molecule has 51 heavy (non-hydrogen) atoms. The van der Waals surface area contributed by atoms with Crippen LogP contribution >= 0.6 is 0 Å². The lowest BCUT2D eigenvalue weighted by molar-refractivity contribution is -0.318. The van der Waals surface area contributed by atoms with Gasteiger partial charge in [-0.05, 0) is 95.3 Å². The van der Waals surface area contributed by atoms with Gasteiger partial charge in [-0.1, -0.05) is 13.8 Å². The number of ether oxygens (including phenoxy) is 6. The lowest BCUT2D eigenvalue weighted by atomic mass is 9.77. The summed E-state index contributed by atoms with van der Waals surface area (Å²) in [7, 11) is 7.10. The Bertz CT molecular complexity index is 1130. The average molecular weight is 735 g/mol. The maximum atomic E-state index is 14.0. The lowest BCUT2D eigenvalue weighted by Gasteiger charge is -2.48. The SMILES string of the molecule is COC1(C)CC(O[C@H]2[C@H](C)[C@@H](OC3OC(C)CC(N(C)C)C3O)[C@@](C)(O)C[C@@H](C)CN(C)[C@H](C)[C@@H](O)[C@](C)(O)[C@@H](C)OC(=O)[C@@H]2C)OC(C)C1O. The molecule has 3 heterocycles. The minimum Gasteiger partial charge on any atom is -0.459 e. The third-order valence-electron chi connectivity index (χ3n) is 12.0. The molecule has 300 valence electrons. The van der Waals surface area contributed by atoms with E-state index in [1.807, 2.05) is 51.7 Å². The van der Waals surface area contributed by atoms with Crippen molar-refractivity contribution in [2.45, 2.75) is 179 Å². The predicted molar refractivity (Wildman–Crippen MR) is 190 cm³/mol. The van der Waals surface area contributed by atoms with Crippen molar-refractivity contribution in [1.82, 2.24) is 9.80 Å². The Labute approximate surface area is 305 Å². The fraction of sp³-hybridized carbons (Fsp3) is 0.973. The molecule has 0 spiro atoms. The minimum atomic E-state index is -1.81. The maximum Gasteiger partial charge on any atom is 0.311 e. The first-order valence-corrected chi connectivity index (χ1v) is 18.6. The number of nitrogens with zero attached hydrogens (tertiary/aromatic N) is 2. The zero-order valence-corrected chi connectivity index (χ0v) is 33.5. The van der Waals surface area contributed by atoms with Crippen LogP contribution in [0.15, 0.2) is 0 Å². The van der Waals surface area contributed by atoms with Crippen LogP contribution in [-0.2, 0) is 33.2 Å². The Morgan fingerprint density at radius 3 is 2.08 bits per heavy atom. The number of esters is 1. The van der Waals surface area contributed by atoms with Crippen LogP contribution in [0, 0.1) is 17.8 Å². The van der Waals surface area contributed by atoms with E-state index in [4.69, 9.17) is 28.4 Å². The smallest absolute Gasteiger partial charge is 0.311 e. The highest BCUT2D eigenvalue weighted by atomic mass is 16.7. The predicted octanol–water partition coefficient (Wildman–Crippen LogP) is 1.51. The first kappa shape index (κ1) is 44.4. The lowest BCUT2D eigenvalue weighted by Crippen LogP contribution is -2.60. The van der Waals surface area contributed by atoms with Gasteiger partial charge in [0.15, 0.2) is 12.6 Å². The number of carbonyl (C=O) groups is 1. The van der Waals surface area contributed by atoms with Crippen molar-refractivity contribution in [3.05, 3.63) is 0 Å². The largest absolute Gasteiger partial charge is 0.459 e. The van der Waals surface area contributed by atoms with E-state index in [0.717, 1.165) is 0 Å². The second-order valence-corrected chi connectivity index (χ2v) is 16.9. The van der Waals surface area contributed by atoms with Crippen LogP contribution in [0.5, 0.6) is 0 Å². The Morgan fingerprint density at radius 1 is 0.902 bits per heavy atom. The number of aliphatic hydroxyl groups is 5. The molecule has 0 aromatic carbocycles. The Hall–Kier alpha value is -1.01. The minimum absolute atomic E-state index is 0.132. The fourth-order valence-electron chi connectivity index (χ4n) is 8.32. The van der Waals surface area contributed by atoms with Gasteiger partial charge >= 0.3 is 5.97 Å². The van der Waals surface area contributed by atoms with Crippen molar-refractivity contribution in [2.75, 3.05) is 34.8 Å². The van der Waals surface area contributed by atoms with Crippen LogP contribution in [-0.4, -0.2) is 166 Å². The monoisotopic (exact) mass is 734 g/mol. The summed E-state index contributed by atoms with van der Waals surface area (Å²) in [5, 5.41) is 57.7. The Kier molecular flexibility index (Phi) is 15.0. The van der Waals surface area contributed by atoms with Crippen LogP contribution < -0.4 is 0 Å². The van der Waals surface area contributed by atoms with Gasteiger partial charge in [0.05, 0.1) is 41.5 Å². The molecule has 3 saturated heterocycles. The Balaban J connectivity index is 2.15. The highest BCUT2D eigenvalue weighted by Crippen LogP contribution is 2.40. The van der Waals surface area contributed by atoms with Crippen LogP contribution in [0.2, 0.25) is 0 Å². The second kappa shape index (κ2) is 17.2. The molecule has 14 nitrogen and oxygen atoms in total. The molecule has 3 rings (SSSR count). The van der Waals surface area contributed by atoms with Crippen molar-refractivity contribution in [3.8, 4) is 0 Å². The zero-order valence-electron chi connectivity index (χ0n) is 33.5. The number of hydrogen-bond acceptors (Lipinski definition) is 14. The van der Waals surface area contributed by atoms with Crippen LogP contribution in [0.25, 0.3) is 0 Å². The van der Waals surface area contributed by atoms with Gasteiger partial charge in [0.1, 0.15) is 30.0 Å². The van der Waals surface area contributed by atoms with Crippen LogP contribution in [0.3, 0.4) is 0 Å². The third kappa shape index (κ3) is 10.0. The number of aliphatic hydroxyl groups excluding tert-OH is 3. The summed E-state index contributed by atoms with van der Waals surface area (Å²) in [5.41, 5.74) is -4.38. The van der Waals surface area contributed by atoms with Crippen LogP contribution in [0.1, 0.15) is 88.5 Å². The molecule has 3 aliphatic rings. The fourth-order valence-corrected chi connectivity index (χ4v) is 8.32. The molecule has 5 N–H and O–H groups in total. The van der Waals surface area contributed by atoms with Crippen molar-refractivity contribution < 1.29 is 58.7 Å². The number of methoxy groups -OCH3 is 1. The van der Waals surface area contributed by atoms with Crippen molar-refractivity contribution in [1.29, 1.82) is 0 Å². The van der Waals surface area contributed by atoms with E-state index in [9.17, 15) is 30.3 Å². The summed E-state index contributed by atoms with van der Waals surface area (Å²) in [6.07, 6.45) is -8.47. The molecule has 0 aromatic heterocycles. The van der Waals surface area contributed by atoms with E-state index in [1.54, 1.807) is 41.5 Å². The van der Waals surface area contributed by atoms with Crippen LogP contribution in [0.4, 0.5) is 0 Å². The molecule has 0 bridgehead atoms. The first-order valence-electron chi connectivity index (χ1n) is 18.6. The number of hydrogen-bond donors (Lipinski definition) is 5. The molecular formula is C37H70N2O12. The molecule has 0 radical (unpaired) electrons. The molecule has 0 saturated carbocycles. The number of carbonyl (C=O) groups excluding carboxylic acids is 1. The van der Waals surface area contributed by atoms with Gasteiger partial charge in [-0.25, -0.2) is 0 Å². The van der Waals surface area contributed by atoms with Gasteiger partial charge in [-0.3, -0.25) is 4.79 Å². The van der Waals surface area contributed by atoms with Gasteiger partial charge in [0.25, 0.3) is 0 Å². The van der Waals surface area contributed by atoms with Crippen molar-refractivity contribution in [3.63, 3.8) is 0 Å². The molecule has 3 aliphatic heterocycles. The molecule has 18 atom stereocenters. The van der Waals surface area contributed by atoms with Gasteiger partial charge in [-0.2, -0.15) is 0 Å². The summed E-state index contributed by atoms with van der Waals surface area (Å²) in [5.74, 6) is -2.60. The first-order chi connectivity index (χ1) is 23.4. The molecule has 14 heteroatoms. The highest BCUT2D eigenvalue weighted by molar-refractivity contribution is 5.73. The summed E-state index contributed by atoms with van der Waals surface area (Å²) in [6.45, 7) is 17.7. The van der Waals surface area contributed by atoms with E-state index in [0.29, 0.717) is 13.0 Å². The topological polar surface area (TPSA) is 180 Å². The van der Waals surface area contributed by atoms with Crippen molar-refractivity contribution >= 4 is 5.97 Å². The Morgan fingerprint density at radius 2 is 1.51 bits per heavy atom. The maximum absolute atomic E-state index is 14.0. The molecule has 0 aliphatic carbocycles. The number of rotatable bonds is 6. The quantitative estimate of drug-likeness (QED) is 0.248. The highest BCUT2D eigenvalue weighted by Gasteiger charge is 2.52. The van der Waals surface area contributed by atoms with Gasteiger partial charge in [0.2, 0.25) is 0 Å². The number of likely N-dealkylation sites (N-methyl/N-ethyl adjacent to an activating group) is 2. The third-order valence-corrected chi connectivity index (χ3v) is 12.0. The zero-order chi connectivity index (χ0) is 39.0. The van der Waals surface area contributed by atoms with E-state index in [1.165, 1.54) is 14.0 Å². The summed E-state index contributed by atoms with van der Waals surface area (Å²) >= 11 is 0. The normalized spacial score (nSPS) is 50.4. The molecule has 3 fully saturated rings. The summed E-state index contributed by atoms with van der Waals surface area (Å²) in [4.78, 5) is 17.9. The molecule has 0 aromatic rings. The van der Waals surface area contributed by atoms with E-state index >= 15 is 0 Å². The van der Waals surface area contributed by atoms with Crippen molar-refractivity contribution in [2.24, 2.45) is 17.8 Å². The molecular weight excluding hydrogens is 664 g/mol. The second-order valence-electron chi connectivity index (χ2n) is 16.9. The summed E-state index contributed by atoms with van der Waals surface area (Å²) < 4.78 is 37.3.